The summed E-state index contributed by atoms with van der Waals surface area (Å²) in [6.07, 6.45) is 1.84. The van der Waals surface area contributed by atoms with Gasteiger partial charge in [0.2, 0.25) is 0 Å². The molecule has 1 aromatic heterocycles. The van der Waals surface area contributed by atoms with Gasteiger partial charge in [-0.2, -0.15) is 0 Å². The van der Waals surface area contributed by atoms with Gasteiger partial charge in [-0.1, -0.05) is 29.8 Å². The van der Waals surface area contributed by atoms with Crippen molar-refractivity contribution in [3.8, 4) is 0 Å². The number of aromatic nitrogens is 2. The van der Waals surface area contributed by atoms with Crippen LogP contribution in [0.2, 0.25) is 5.02 Å². The third-order valence-corrected chi connectivity index (χ3v) is 4.76. The molecule has 4 nitrogen and oxygen atoms in total. The van der Waals surface area contributed by atoms with E-state index < -0.39 is 0 Å². The Morgan fingerprint density at radius 3 is 2.61 bits per heavy atom. The third kappa shape index (κ3) is 4.02. The lowest BCUT2D eigenvalue weighted by Crippen LogP contribution is -2.04. The number of carbonyl (C=O) groups excluding carboxylic acids is 1. The Kier molecular flexibility index (Phi) is 5.04. The zero-order valence-electron chi connectivity index (χ0n) is 15.3. The highest BCUT2D eigenvalue weighted by atomic mass is 35.5. The first-order valence-corrected chi connectivity index (χ1v) is 9.32. The van der Waals surface area contributed by atoms with E-state index in [0.29, 0.717) is 17.0 Å². The average molecular weight is 388 g/mol. The summed E-state index contributed by atoms with van der Waals surface area (Å²) in [7, 11) is 0. The molecule has 3 aromatic carbocycles. The average Bonchev–Trinajstić information content (AvgIpc) is 2.69. The van der Waals surface area contributed by atoms with E-state index in [0.717, 1.165) is 33.5 Å². The van der Waals surface area contributed by atoms with Gasteiger partial charge in [0.1, 0.15) is 12.1 Å². The van der Waals surface area contributed by atoms with E-state index in [1.165, 1.54) is 0 Å². The minimum absolute atomic E-state index is 0.0426. The largest absolute Gasteiger partial charge is 0.340 e. The number of nitrogens with zero attached hydrogens (tertiary/aromatic N) is 2. The Balaban J connectivity index is 1.64. The number of anilines is 2. The van der Waals surface area contributed by atoms with Crippen molar-refractivity contribution in [3.05, 3.63) is 94.8 Å². The molecule has 0 amide bonds. The molecule has 0 aliphatic rings. The van der Waals surface area contributed by atoms with Crippen LogP contribution in [0, 0.1) is 6.92 Å². The summed E-state index contributed by atoms with van der Waals surface area (Å²) in [4.78, 5) is 21.3. The number of fused-ring (bicyclic) bond motifs is 1. The normalized spacial score (nSPS) is 10.8. The van der Waals surface area contributed by atoms with Crippen molar-refractivity contribution in [2.24, 2.45) is 0 Å². The number of ketones is 1. The van der Waals surface area contributed by atoms with Crippen LogP contribution in [0.25, 0.3) is 10.9 Å². The van der Waals surface area contributed by atoms with Gasteiger partial charge in [-0.25, -0.2) is 9.97 Å². The Labute approximate surface area is 168 Å². The number of benzene rings is 3. The van der Waals surface area contributed by atoms with Crippen LogP contribution in [-0.2, 0) is 6.42 Å². The summed E-state index contributed by atoms with van der Waals surface area (Å²) in [6, 6.07) is 20.9. The second-order valence-electron chi connectivity index (χ2n) is 6.68. The molecular weight excluding hydrogens is 370 g/mol. The fraction of sp³-hybridized carbons (Fsp3) is 0.0870. The van der Waals surface area contributed by atoms with Gasteiger partial charge < -0.3 is 5.32 Å². The van der Waals surface area contributed by atoms with Gasteiger partial charge in [0.25, 0.3) is 0 Å². The first kappa shape index (κ1) is 18.1. The molecular formula is C23H18ClN3O. The maximum atomic E-state index is 12.6. The van der Waals surface area contributed by atoms with Gasteiger partial charge in [0.15, 0.2) is 5.78 Å². The van der Waals surface area contributed by atoms with Crippen molar-refractivity contribution in [2.75, 3.05) is 5.32 Å². The van der Waals surface area contributed by atoms with Gasteiger partial charge in [-0.15, -0.1) is 0 Å². The van der Waals surface area contributed by atoms with Crippen LogP contribution >= 0.6 is 11.6 Å². The van der Waals surface area contributed by atoms with Crippen molar-refractivity contribution in [1.29, 1.82) is 0 Å². The molecule has 0 atom stereocenters. The second-order valence-corrected chi connectivity index (χ2v) is 7.11. The summed E-state index contributed by atoms with van der Waals surface area (Å²) in [5, 5.41) is 4.85. The molecule has 0 spiro atoms. The molecule has 0 bridgehead atoms. The second kappa shape index (κ2) is 7.79. The molecule has 4 aromatic rings. The predicted octanol–water partition coefficient (Wildman–Crippen LogP) is 5.76. The van der Waals surface area contributed by atoms with E-state index >= 15 is 0 Å². The van der Waals surface area contributed by atoms with Crippen LogP contribution < -0.4 is 5.32 Å². The molecule has 0 radical (unpaired) electrons. The number of rotatable bonds is 5. The van der Waals surface area contributed by atoms with E-state index in [1.807, 2.05) is 43.3 Å². The van der Waals surface area contributed by atoms with Crippen LogP contribution in [0.15, 0.2) is 73.1 Å². The highest BCUT2D eigenvalue weighted by Crippen LogP contribution is 2.25. The molecule has 1 heterocycles. The topological polar surface area (TPSA) is 54.9 Å². The molecule has 1 N–H and O–H groups in total. The van der Waals surface area contributed by atoms with Crippen LogP contribution in [0.1, 0.15) is 21.5 Å². The zero-order valence-corrected chi connectivity index (χ0v) is 16.1. The van der Waals surface area contributed by atoms with Crippen LogP contribution in [0.5, 0.6) is 0 Å². The molecule has 28 heavy (non-hydrogen) atoms. The maximum absolute atomic E-state index is 12.6. The lowest BCUT2D eigenvalue weighted by atomic mass is 10.0. The third-order valence-electron chi connectivity index (χ3n) is 4.51. The van der Waals surface area contributed by atoms with Gasteiger partial charge in [-0.3, -0.25) is 4.79 Å². The molecule has 0 saturated carbocycles. The molecule has 138 valence electrons. The van der Waals surface area contributed by atoms with Crippen LogP contribution in [-0.4, -0.2) is 15.8 Å². The van der Waals surface area contributed by atoms with Crippen molar-refractivity contribution >= 4 is 39.8 Å². The SMILES string of the molecule is Cc1cccc(Nc2ncnc3ccc(CC(=O)c4ccc(Cl)cc4)cc23)c1. The standard InChI is InChI=1S/C23H18ClN3O/c1-15-3-2-4-19(11-15)27-23-20-12-16(5-10-21(20)25-14-26-23)13-22(28)17-6-8-18(24)9-7-17/h2-12,14H,13H2,1H3,(H,25,26,27). The van der Waals surface area contributed by atoms with E-state index in [2.05, 4.69) is 21.4 Å². The smallest absolute Gasteiger partial charge is 0.167 e. The number of nitrogens with one attached hydrogen (secondary N) is 1. The quantitative estimate of drug-likeness (QED) is 0.442. The molecule has 5 heteroatoms. The van der Waals surface area contributed by atoms with Crippen molar-refractivity contribution in [2.45, 2.75) is 13.3 Å². The number of hydrogen-bond acceptors (Lipinski definition) is 4. The Hall–Kier alpha value is -3.24. The van der Waals surface area contributed by atoms with Crippen molar-refractivity contribution in [3.63, 3.8) is 0 Å². The van der Waals surface area contributed by atoms with Crippen LogP contribution in [0.4, 0.5) is 11.5 Å². The van der Waals surface area contributed by atoms with E-state index in [4.69, 9.17) is 11.6 Å². The lowest BCUT2D eigenvalue weighted by molar-refractivity contribution is 0.0993. The van der Waals surface area contributed by atoms with Gasteiger partial charge >= 0.3 is 0 Å². The summed E-state index contributed by atoms with van der Waals surface area (Å²) in [5.74, 6) is 0.762. The van der Waals surface area contributed by atoms with Gasteiger partial charge in [0.05, 0.1) is 5.52 Å². The minimum atomic E-state index is 0.0426. The van der Waals surface area contributed by atoms with Crippen molar-refractivity contribution < 1.29 is 4.79 Å². The lowest BCUT2D eigenvalue weighted by Gasteiger charge is -2.10. The van der Waals surface area contributed by atoms with E-state index in [-0.39, 0.29) is 5.78 Å². The number of Topliss-reactive ketones (excluding diaryl/α,β-unsaturated/α-hetero) is 1. The Morgan fingerprint density at radius 1 is 1.00 bits per heavy atom. The van der Waals surface area contributed by atoms with Gasteiger partial charge in [-0.05, 0) is 66.6 Å². The highest BCUT2D eigenvalue weighted by molar-refractivity contribution is 6.30. The summed E-state index contributed by atoms with van der Waals surface area (Å²) < 4.78 is 0. The zero-order chi connectivity index (χ0) is 19.5. The fourth-order valence-electron chi connectivity index (χ4n) is 3.10. The Morgan fingerprint density at radius 2 is 1.82 bits per heavy atom. The molecule has 0 fully saturated rings. The highest BCUT2D eigenvalue weighted by Gasteiger charge is 2.10. The first-order chi connectivity index (χ1) is 13.6. The summed E-state index contributed by atoms with van der Waals surface area (Å²) >= 11 is 5.90. The number of hydrogen-bond donors (Lipinski definition) is 1. The summed E-state index contributed by atoms with van der Waals surface area (Å²) in [5.41, 5.74) is 4.51. The number of halogens is 1. The molecule has 0 aliphatic heterocycles. The minimum Gasteiger partial charge on any atom is -0.340 e. The van der Waals surface area contributed by atoms with Crippen LogP contribution in [0.3, 0.4) is 0 Å². The Bertz CT molecular complexity index is 1160. The molecule has 0 aliphatic carbocycles. The first-order valence-electron chi connectivity index (χ1n) is 8.94. The predicted molar refractivity (Wildman–Crippen MR) is 113 cm³/mol. The van der Waals surface area contributed by atoms with Gasteiger partial charge in [0, 0.05) is 28.1 Å². The maximum Gasteiger partial charge on any atom is 0.167 e. The molecule has 0 unspecified atom stereocenters. The number of aryl methyl sites for hydroxylation is 1. The summed E-state index contributed by atoms with van der Waals surface area (Å²) in [6.45, 7) is 2.05. The molecule has 0 saturated heterocycles. The monoisotopic (exact) mass is 387 g/mol. The van der Waals surface area contributed by atoms with Crippen molar-refractivity contribution in [1.82, 2.24) is 9.97 Å². The van der Waals surface area contributed by atoms with E-state index in [1.54, 1.807) is 30.6 Å². The number of carbonyl (C=O) groups is 1. The molecule has 4 rings (SSSR count). The van der Waals surface area contributed by atoms with E-state index in [9.17, 15) is 4.79 Å². The fourth-order valence-corrected chi connectivity index (χ4v) is 3.22.